The standard InChI is InChI=1S/C24H32ClN3O4S/c1-3-18(4-2)23(28-12-14-32-15-13-28)17-26-24(29)19-8-7-9-20(16-19)33(30,31)27-22-11-6-5-10-21(22)25/h5-11,16,18,23,27H,3-4,12-15,17H2,1-2H3,(H,26,29). The van der Waals surface area contributed by atoms with E-state index in [4.69, 9.17) is 16.3 Å². The fourth-order valence-corrected chi connectivity index (χ4v) is 5.55. The van der Waals surface area contributed by atoms with Crippen LogP contribution in [0.4, 0.5) is 5.69 Å². The van der Waals surface area contributed by atoms with Gasteiger partial charge in [0.25, 0.3) is 15.9 Å². The quantitative estimate of drug-likeness (QED) is 0.522. The van der Waals surface area contributed by atoms with Crippen molar-refractivity contribution in [3.63, 3.8) is 0 Å². The number of anilines is 1. The van der Waals surface area contributed by atoms with E-state index in [0.29, 0.717) is 36.3 Å². The highest BCUT2D eigenvalue weighted by Gasteiger charge is 2.27. The molecule has 0 radical (unpaired) electrons. The van der Waals surface area contributed by atoms with Crippen LogP contribution in [-0.4, -0.2) is 58.1 Å². The van der Waals surface area contributed by atoms with E-state index in [1.807, 2.05) is 0 Å². The Labute approximate surface area is 201 Å². The maximum Gasteiger partial charge on any atom is 0.261 e. The zero-order valence-corrected chi connectivity index (χ0v) is 20.7. The minimum atomic E-state index is -3.90. The van der Waals surface area contributed by atoms with Crippen molar-refractivity contribution in [2.45, 2.75) is 37.6 Å². The molecule has 2 N–H and O–H groups in total. The largest absolute Gasteiger partial charge is 0.379 e. The van der Waals surface area contributed by atoms with Crippen molar-refractivity contribution in [3.8, 4) is 0 Å². The second-order valence-electron chi connectivity index (χ2n) is 8.12. The highest BCUT2D eigenvalue weighted by atomic mass is 35.5. The number of carbonyl (C=O) groups is 1. The van der Waals surface area contributed by atoms with Crippen molar-refractivity contribution >= 4 is 33.2 Å². The van der Waals surface area contributed by atoms with Crippen molar-refractivity contribution in [3.05, 3.63) is 59.1 Å². The molecule has 2 aromatic rings. The van der Waals surface area contributed by atoms with Crippen LogP contribution >= 0.6 is 11.6 Å². The number of halogens is 1. The first-order valence-electron chi connectivity index (χ1n) is 11.3. The highest BCUT2D eigenvalue weighted by Crippen LogP contribution is 2.24. The number of para-hydroxylation sites is 1. The van der Waals surface area contributed by atoms with E-state index in [2.05, 4.69) is 28.8 Å². The molecule has 9 heteroatoms. The second kappa shape index (κ2) is 11.8. The lowest BCUT2D eigenvalue weighted by Gasteiger charge is -2.38. The number of hydrogen-bond acceptors (Lipinski definition) is 5. The lowest BCUT2D eigenvalue weighted by Crippen LogP contribution is -2.52. The first-order chi connectivity index (χ1) is 15.9. The molecule has 3 rings (SSSR count). The van der Waals surface area contributed by atoms with E-state index in [-0.39, 0.29) is 22.5 Å². The molecule has 2 aromatic carbocycles. The molecule has 0 spiro atoms. The molecule has 1 saturated heterocycles. The summed E-state index contributed by atoms with van der Waals surface area (Å²) in [5, 5.41) is 3.32. The number of sulfonamides is 1. The molecule has 180 valence electrons. The fourth-order valence-electron chi connectivity index (χ4n) is 4.19. The Morgan fingerprint density at radius 1 is 1.09 bits per heavy atom. The normalized spacial score (nSPS) is 15.9. The molecule has 0 saturated carbocycles. The predicted octanol–water partition coefficient (Wildman–Crippen LogP) is 4.01. The third-order valence-corrected chi connectivity index (χ3v) is 7.80. The number of carbonyl (C=O) groups excluding carboxylic acids is 1. The van der Waals surface area contributed by atoms with Gasteiger partial charge in [0.2, 0.25) is 0 Å². The average molecular weight is 494 g/mol. The van der Waals surface area contributed by atoms with Gasteiger partial charge in [-0.15, -0.1) is 0 Å². The molecule has 1 unspecified atom stereocenters. The summed E-state index contributed by atoms with van der Waals surface area (Å²) < 4.78 is 33.7. The van der Waals surface area contributed by atoms with Gasteiger partial charge in [-0.3, -0.25) is 14.4 Å². The number of nitrogens with one attached hydrogen (secondary N) is 2. The maximum atomic E-state index is 12.9. The first-order valence-corrected chi connectivity index (χ1v) is 13.2. The Balaban J connectivity index is 1.72. The molecule has 7 nitrogen and oxygen atoms in total. The van der Waals surface area contributed by atoms with Crippen LogP contribution in [0.2, 0.25) is 5.02 Å². The number of amides is 1. The van der Waals surface area contributed by atoms with E-state index in [9.17, 15) is 13.2 Å². The summed E-state index contributed by atoms with van der Waals surface area (Å²) >= 11 is 6.08. The molecule has 1 atom stereocenters. The lowest BCUT2D eigenvalue weighted by atomic mass is 9.92. The molecule has 1 aliphatic heterocycles. The molecule has 0 aromatic heterocycles. The van der Waals surface area contributed by atoms with Gasteiger partial charge in [0.1, 0.15) is 0 Å². The van der Waals surface area contributed by atoms with E-state index in [1.54, 1.807) is 36.4 Å². The van der Waals surface area contributed by atoms with E-state index in [0.717, 1.165) is 25.9 Å². The van der Waals surface area contributed by atoms with Crippen LogP contribution < -0.4 is 10.0 Å². The number of nitrogens with zero attached hydrogens (tertiary/aromatic N) is 1. The predicted molar refractivity (Wildman–Crippen MR) is 131 cm³/mol. The Hall–Kier alpha value is -2.13. The minimum Gasteiger partial charge on any atom is -0.379 e. The van der Waals surface area contributed by atoms with Crippen molar-refractivity contribution in [2.24, 2.45) is 5.92 Å². The number of ether oxygens (including phenoxy) is 1. The summed E-state index contributed by atoms with van der Waals surface area (Å²) in [7, 11) is -3.90. The summed E-state index contributed by atoms with van der Waals surface area (Å²) in [6, 6.07) is 12.8. The Bertz CT molecular complexity index is 1040. The molecule has 33 heavy (non-hydrogen) atoms. The van der Waals surface area contributed by atoms with Gasteiger partial charge in [0.15, 0.2) is 0 Å². The number of rotatable bonds is 10. The van der Waals surface area contributed by atoms with Crippen molar-refractivity contribution in [1.29, 1.82) is 0 Å². The van der Waals surface area contributed by atoms with Crippen LogP contribution in [0, 0.1) is 5.92 Å². The highest BCUT2D eigenvalue weighted by molar-refractivity contribution is 7.92. The van der Waals surface area contributed by atoms with E-state index in [1.165, 1.54) is 12.1 Å². The van der Waals surface area contributed by atoms with Crippen LogP contribution in [-0.2, 0) is 14.8 Å². The van der Waals surface area contributed by atoms with Crippen molar-refractivity contribution < 1.29 is 17.9 Å². The van der Waals surface area contributed by atoms with Crippen molar-refractivity contribution in [2.75, 3.05) is 37.6 Å². The van der Waals surface area contributed by atoms with Gasteiger partial charge in [-0.25, -0.2) is 8.42 Å². The summed E-state index contributed by atoms with van der Waals surface area (Å²) in [5.41, 5.74) is 0.579. The van der Waals surface area contributed by atoms with Gasteiger partial charge in [-0.05, 0) is 36.2 Å². The molecule has 1 heterocycles. The third-order valence-electron chi connectivity index (χ3n) is 6.10. The van der Waals surface area contributed by atoms with Crippen LogP contribution in [0.15, 0.2) is 53.4 Å². The Kier molecular flexibility index (Phi) is 9.14. The molecule has 1 amide bonds. The molecule has 0 bridgehead atoms. The van der Waals surface area contributed by atoms with E-state index < -0.39 is 10.0 Å². The van der Waals surface area contributed by atoms with Gasteiger partial charge in [0.05, 0.1) is 28.8 Å². The Morgan fingerprint density at radius 3 is 2.45 bits per heavy atom. The molecule has 1 fully saturated rings. The van der Waals surface area contributed by atoms with Crippen LogP contribution in [0.25, 0.3) is 0 Å². The average Bonchev–Trinajstić information content (AvgIpc) is 2.83. The van der Waals surface area contributed by atoms with Crippen LogP contribution in [0.5, 0.6) is 0 Å². The molecular formula is C24H32ClN3O4S. The number of morpholine rings is 1. The van der Waals surface area contributed by atoms with Crippen molar-refractivity contribution in [1.82, 2.24) is 10.2 Å². The lowest BCUT2D eigenvalue weighted by molar-refractivity contribution is 0.00191. The summed E-state index contributed by atoms with van der Waals surface area (Å²) in [6.45, 7) is 7.93. The minimum absolute atomic E-state index is 0.000193. The summed E-state index contributed by atoms with van der Waals surface area (Å²) in [5.74, 6) is 0.156. The van der Waals surface area contributed by atoms with E-state index >= 15 is 0 Å². The zero-order chi connectivity index (χ0) is 23.8. The fraction of sp³-hybridized carbons (Fsp3) is 0.458. The third kappa shape index (κ3) is 6.69. The molecule has 0 aliphatic carbocycles. The topological polar surface area (TPSA) is 87.7 Å². The van der Waals surface area contributed by atoms with Crippen LogP contribution in [0.1, 0.15) is 37.0 Å². The summed E-state index contributed by atoms with van der Waals surface area (Å²) in [6.07, 6.45) is 2.05. The SMILES string of the molecule is CCC(CC)C(CNC(=O)c1cccc(S(=O)(=O)Nc2ccccc2Cl)c1)N1CCOCC1. The van der Waals surface area contributed by atoms with Gasteiger partial charge < -0.3 is 10.1 Å². The monoisotopic (exact) mass is 493 g/mol. The first kappa shape index (κ1) is 25.5. The summed E-state index contributed by atoms with van der Waals surface area (Å²) in [4.78, 5) is 15.3. The van der Waals surface area contributed by atoms with Gasteiger partial charge >= 0.3 is 0 Å². The number of benzene rings is 2. The van der Waals surface area contributed by atoms with Gasteiger partial charge in [-0.1, -0.05) is 56.5 Å². The Morgan fingerprint density at radius 2 is 1.79 bits per heavy atom. The smallest absolute Gasteiger partial charge is 0.261 e. The number of hydrogen-bond donors (Lipinski definition) is 2. The van der Waals surface area contributed by atoms with Gasteiger partial charge in [-0.2, -0.15) is 0 Å². The zero-order valence-electron chi connectivity index (χ0n) is 19.1. The molecular weight excluding hydrogens is 462 g/mol. The van der Waals surface area contributed by atoms with Crippen LogP contribution in [0.3, 0.4) is 0 Å². The molecule has 1 aliphatic rings. The maximum absolute atomic E-state index is 12.9. The van der Waals surface area contributed by atoms with Gasteiger partial charge in [0, 0.05) is 31.2 Å². The second-order valence-corrected chi connectivity index (χ2v) is 10.2.